The van der Waals surface area contributed by atoms with E-state index in [1.165, 1.54) is 34.0 Å². The Hall–Kier alpha value is -3.16. The molecule has 1 amide bonds. The third-order valence-corrected chi connectivity index (χ3v) is 3.59. The first-order valence-corrected chi connectivity index (χ1v) is 7.53. The summed E-state index contributed by atoms with van der Waals surface area (Å²) in [5.41, 5.74) is 1.43. The van der Waals surface area contributed by atoms with Crippen LogP contribution in [0.5, 0.6) is 0 Å². The Balaban J connectivity index is 1.62. The van der Waals surface area contributed by atoms with Crippen LogP contribution in [0.3, 0.4) is 0 Å². The summed E-state index contributed by atoms with van der Waals surface area (Å²) in [6.45, 7) is 0.268. The molecule has 0 atom stereocenters. The number of likely N-dealkylation sites (N-methyl/N-ethyl adjacent to an activating group) is 1. The van der Waals surface area contributed by atoms with Crippen LogP contribution in [0.25, 0.3) is 11.4 Å². The lowest BCUT2D eigenvalue weighted by Gasteiger charge is -2.16. The van der Waals surface area contributed by atoms with Gasteiger partial charge in [0.2, 0.25) is 11.7 Å². The fourth-order valence-electron chi connectivity index (χ4n) is 2.22. The third kappa shape index (κ3) is 4.23. The van der Waals surface area contributed by atoms with Crippen molar-refractivity contribution in [3.63, 3.8) is 0 Å². The Morgan fingerprint density at radius 3 is 2.28 bits per heavy atom. The summed E-state index contributed by atoms with van der Waals surface area (Å²) >= 11 is 0. The Labute approximate surface area is 142 Å². The maximum Gasteiger partial charge on any atom is 0.246 e. The van der Waals surface area contributed by atoms with E-state index in [0.29, 0.717) is 17.9 Å². The molecule has 0 spiro atoms. The van der Waals surface area contributed by atoms with E-state index >= 15 is 0 Å². The fraction of sp³-hybridized carbons (Fsp3) is 0.176. The van der Waals surface area contributed by atoms with E-state index in [4.69, 9.17) is 0 Å². The van der Waals surface area contributed by atoms with E-state index in [9.17, 15) is 13.6 Å². The van der Waals surface area contributed by atoms with E-state index in [1.54, 1.807) is 31.3 Å². The summed E-state index contributed by atoms with van der Waals surface area (Å²) < 4.78 is 25.8. The lowest BCUT2D eigenvalue weighted by atomic mass is 10.2. The second kappa shape index (κ2) is 7.16. The molecule has 2 aromatic carbocycles. The number of aromatic nitrogens is 4. The summed E-state index contributed by atoms with van der Waals surface area (Å²) in [5.74, 6) is -0.576. The lowest BCUT2D eigenvalue weighted by Crippen LogP contribution is -2.30. The van der Waals surface area contributed by atoms with Gasteiger partial charge in [-0.1, -0.05) is 12.1 Å². The van der Waals surface area contributed by atoms with Gasteiger partial charge in [0.1, 0.15) is 18.2 Å². The van der Waals surface area contributed by atoms with Crippen molar-refractivity contribution >= 4 is 5.91 Å². The summed E-state index contributed by atoms with van der Waals surface area (Å²) in [7, 11) is 1.64. The van der Waals surface area contributed by atoms with Crippen molar-refractivity contribution in [3.8, 4) is 11.4 Å². The molecule has 1 aromatic heterocycles. The summed E-state index contributed by atoms with van der Waals surface area (Å²) in [4.78, 5) is 14.9. The van der Waals surface area contributed by atoms with Crippen molar-refractivity contribution in [1.82, 2.24) is 25.1 Å². The zero-order chi connectivity index (χ0) is 17.8. The zero-order valence-corrected chi connectivity index (χ0v) is 13.4. The standard InChI is InChI=1S/C17H15F2N5O/c1-23(10-12-2-6-14(18)7-3-12)16(25)11-24-21-17(20-22-24)13-4-8-15(19)9-5-13/h2-9H,10-11H2,1H3. The smallest absolute Gasteiger partial charge is 0.246 e. The number of halogens is 2. The van der Waals surface area contributed by atoms with Crippen LogP contribution < -0.4 is 0 Å². The van der Waals surface area contributed by atoms with E-state index in [1.807, 2.05) is 0 Å². The highest BCUT2D eigenvalue weighted by atomic mass is 19.1. The van der Waals surface area contributed by atoms with Crippen LogP contribution in [0.1, 0.15) is 5.56 Å². The topological polar surface area (TPSA) is 63.9 Å². The molecule has 0 saturated heterocycles. The first-order chi connectivity index (χ1) is 12.0. The molecule has 0 radical (unpaired) electrons. The second-order valence-corrected chi connectivity index (χ2v) is 5.53. The quantitative estimate of drug-likeness (QED) is 0.713. The number of carbonyl (C=O) groups is 1. The fourth-order valence-corrected chi connectivity index (χ4v) is 2.22. The molecule has 0 unspecified atom stereocenters. The molecule has 0 aliphatic heterocycles. The minimum atomic E-state index is -0.353. The van der Waals surface area contributed by atoms with Gasteiger partial charge in [-0.2, -0.15) is 4.80 Å². The van der Waals surface area contributed by atoms with Crippen LogP contribution in [-0.2, 0) is 17.9 Å². The molecule has 0 aliphatic rings. The molecule has 128 valence electrons. The minimum Gasteiger partial charge on any atom is -0.340 e. The van der Waals surface area contributed by atoms with Gasteiger partial charge in [0.25, 0.3) is 0 Å². The number of nitrogens with zero attached hydrogens (tertiary/aromatic N) is 5. The molecule has 3 rings (SSSR count). The highest BCUT2D eigenvalue weighted by Crippen LogP contribution is 2.13. The molecule has 1 heterocycles. The second-order valence-electron chi connectivity index (χ2n) is 5.53. The zero-order valence-electron chi connectivity index (χ0n) is 13.4. The first-order valence-electron chi connectivity index (χ1n) is 7.53. The van der Waals surface area contributed by atoms with Gasteiger partial charge < -0.3 is 4.90 Å². The molecular formula is C17H15F2N5O. The van der Waals surface area contributed by atoms with Crippen molar-refractivity contribution in [3.05, 3.63) is 65.7 Å². The van der Waals surface area contributed by atoms with Gasteiger partial charge in [-0.3, -0.25) is 4.79 Å². The molecule has 6 nitrogen and oxygen atoms in total. The summed E-state index contributed by atoms with van der Waals surface area (Å²) in [5, 5.41) is 11.8. The van der Waals surface area contributed by atoms with Crippen LogP contribution in [-0.4, -0.2) is 38.1 Å². The van der Waals surface area contributed by atoms with Crippen LogP contribution in [0, 0.1) is 11.6 Å². The van der Waals surface area contributed by atoms with Crippen LogP contribution in [0.15, 0.2) is 48.5 Å². The van der Waals surface area contributed by atoms with E-state index in [0.717, 1.165) is 5.56 Å². The van der Waals surface area contributed by atoms with Crippen LogP contribution in [0.4, 0.5) is 8.78 Å². The number of tetrazole rings is 1. The van der Waals surface area contributed by atoms with Crippen molar-refractivity contribution in [2.75, 3.05) is 7.05 Å². The summed E-state index contributed by atoms with van der Waals surface area (Å²) in [6, 6.07) is 11.6. The number of amides is 1. The van der Waals surface area contributed by atoms with E-state index in [2.05, 4.69) is 15.4 Å². The van der Waals surface area contributed by atoms with Gasteiger partial charge >= 0.3 is 0 Å². The van der Waals surface area contributed by atoms with Crippen molar-refractivity contribution < 1.29 is 13.6 Å². The molecule has 3 aromatic rings. The SMILES string of the molecule is CN(Cc1ccc(F)cc1)C(=O)Cn1nnc(-c2ccc(F)cc2)n1. The van der Waals surface area contributed by atoms with Crippen LogP contribution in [0.2, 0.25) is 0 Å². The summed E-state index contributed by atoms with van der Waals surface area (Å²) in [6.07, 6.45) is 0. The van der Waals surface area contributed by atoms with Crippen molar-refractivity contribution in [2.24, 2.45) is 0 Å². The molecule has 0 aliphatic carbocycles. The average Bonchev–Trinajstić information content (AvgIpc) is 3.06. The number of rotatable bonds is 5. The van der Waals surface area contributed by atoms with Crippen molar-refractivity contribution in [1.29, 1.82) is 0 Å². The Kier molecular flexibility index (Phi) is 4.78. The third-order valence-electron chi connectivity index (χ3n) is 3.59. The predicted octanol–water partition coefficient (Wildman–Crippen LogP) is 2.28. The maximum atomic E-state index is 12.9. The highest BCUT2D eigenvalue weighted by molar-refractivity contribution is 5.75. The molecular weight excluding hydrogens is 328 g/mol. The lowest BCUT2D eigenvalue weighted by molar-refractivity contribution is -0.131. The van der Waals surface area contributed by atoms with Crippen LogP contribution >= 0.6 is 0 Å². The highest BCUT2D eigenvalue weighted by Gasteiger charge is 2.13. The van der Waals surface area contributed by atoms with Gasteiger partial charge in [0.15, 0.2) is 0 Å². The molecule has 0 bridgehead atoms. The van der Waals surface area contributed by atoms with Gasteiger partial charge in [-0.15, -0.1) is 10.2 Å². The largest absolute Gasteiger partial charge is 0.340 e. The number of hydrogen-bond acceptors (Lipinski definition) is 4. The van der Waals surface area contributed by atoms with Crippen molar-refractivity contribution in [2.45, 2.75) is 13.1 Å². The Morgan fingerprint density at radius 1 is 1.04 bits per heavy atom. The number of carbonyl (C=O) groups excluding carboxylic acids is 1. The molecule has 25 heavy (non-hydrogen) atoms. The molecule has 0 saturated carbocycles. The minimum absolute atomic E-state index is 0.0775. The van der Waals surface area contributed by atoms with Gasteiger partial charge in [-0.05, 0) is 47.2 Å². The molecule has 0 fully saturated rings. The first kappa shape index (κ1) is 16.7. The van der Waals surface area contributed by atoms with E-state index in [-0.39, 0.29) is 24.1 Å². The average molecular weight is 343 g/mol. The monoisotopic (exact) mass is 343 g/mol. The number of benzene rings is 2. The Morgan fingerprint density at radius 2 is 1.64 bits per heavy atom. The molecule has 8 heteroatoms. The Bertz CT molecular complexity index is 862. The number of hydrogen-bond donors (Lipinski definition) is 0. The predicted molar refractivity (Wildman–Crippen MR) is 86.1 cm³/mol. The van der Waals surface area contributed by atoms with Gasteiger partial charge in [-0.25, -0.2) is 8.78 Å². The normalized spacial score (nSPS) is 10.7. The molecule has 0 N–H and O–H groups in total. The van der Waals surface area contributed by atoms with E-state index < -0.39 is 0 Å². The van der Waals surface area contributed by atoms with Gasteiger partial charge in [0.05, 0.1) is 0 Å². The maximum absolute atomic E-state index is 12.9. The van der Waals surface area contributed by atoms with Gasteiger partial charge in [0, 0.05) is 19.2 Å².